The summed E-state index contributed by atoms with van der Waals surface area (Å²) in [6.07, 6.45) is 0. The fraction of sp³-hybridized carbons (Fsp3) is 0.500. The van der Waals surface area contributed by atoms with E-state index in [2.05, 4.69) is 4.98 Å². The van der Waals surface area contributed by atoms with Crippen molar-refractivity contribution in [1.82, 2.24) is 14.8 Å². The normalized spacial score (nSPS) is 11.7. The number of carbonyl (C=O) groups excluding carboxylic acids is 2. The van der Waals surface area contributed by atoms with E-state index >= 15 is 0 Å². The van der Waals surface area contributed by atoms with Gasteiger partial charge in [-0.05, 0) is 66.4 Å². The molecule has 0 radical (unpaired) electrons. The van der Waals surface area contributed by atoms with Gasteiger partial charge in [0.15, 0.2) is 0 Å². The van der Waals surface area contributed by atoms with Gasteiger partial charge in [-0.25, -0.2) is 0 Å². The van der Waals surface area contributed by atoms with Crippen molar-refractivity contribution in [2.24, 2.45) is 0 Å². The molecule has 0 atom stereocenters. The van der Waals surface area contributed by atoms with Crippen LogP contribution < -0.4 is 0 Å². The van der Waals surface area contributed by atoms with Crippen molar-refractivity contribution in [3.8, 4) is 0 Å². The molecule has 0 saturated carbocycles. The predicted octanol–water partition coefficient (Wildman–Crippen LogP) is 3.20. The number of fused-ring (bicyclic) bond motifs is 1. The fourth-order valence-corrected chi connectivity index (χ4v) is 2.86. The van der Waals surface area contributed by atoms with Crippen LogP contribution in [-0.4, -0.2) is 66.0 Å². The van der Waals surface area contributed by atoms with Gasteiger partial charge in [0.1, 0.15) is 12.1 Å². The summed E-state index contributed by atoms with van der Waals surface area (Å²) in [7, 11) is 3.86. The van der Waals surface area contributed by atoms with E-state index in [0.717, 1.165) is 16.5 Å². The highest BCUT2D eigenvalue weighted by atomic mass is 16.6. The van der Waals surface area contributed by atoms with Crippen LogP contribution in [0.1, 0.15) is 42.4 Å². The second kappa shape index (κ2) is 8.69. The smallest absolute Gasteiger partial charge is 0.326 e. The average Bonchev–Trinajstić information content (AvgIpc) is 2.55. The number of hydrogen-bond donors (Lipinski definition) is 0. The zero-order chi connectivity index (χ0) is 21.1. The van der Waals surface area contributed by atoms with Crippen molar-refractivity contribution in [1.29, 1.82) is 0 Å². The molecular weight excluding hydrogens is 354 g/mol. The average molecular weight is 386 g/mol. The number of carbonyl (C=O) groups is 2. The zero-order valence-corrected chi connectivity index (χ0v) is 18.0. The lowest BCUT2D eigenvalue weighted by molar-refractivity contribution is -0.155. The molecule has 0 aliphatic rings. The van der Waals surface area contributed by atoms with E-state index in [4.69, 9.17) is 4.74 Å². The Morgan fingerprint density at radius 1 is 1.07 bits per heavy atom. The number of pyridine rings is 1. The van der Waals surface area contributed by atoms with E-state index in [1.165, 1.54) is 4.90 Å². The van der Waals surface area contributed by atoms with Crippen molar-refractivity contribution in [2.45, 2.75) is 40.2 Å². The number of ether oxygens (including phenoxy) is 1. The lowest BCUT2D eigenvalue weighted by atomic mass is 10.1. The molecule has 28 heavy (non-hydrogen) atoms. The SMILES string of the molecule is Cc1ccc2cc(C(=O)N(CCN(C)C)CC(=O)OC(C)(C)C)c(C)nc2c1. The Hall–Kier alpha value is -2.47. The number of rotatable bonds is 6. The minimum atomic E-state index is -0.592. The van der Waals surface area contributed by atoms with E-state index in [9.17, 15) is 9.59 Å². The molecule has 0 bridgehead atoms. The maximum absolute atomic E-state index is 13.2. The Bertz CT molecular complexity index is 869. The predicted molar refractivity (Wildman–Crippen MR) is 112 cm³/mol. The van der Waals surface area contributed by atoms with E-state index < -0.39 is 11.6 Å². The van der Waals surface area contributed by atoms with Crippen LogP contribution in [0.15, 0.2) is 24.3 Å². The molecule has 0 N–H and O–H groups in total. The monoisotopic (exact) mass is 385 g/mol. The lowest BCUT2D eigenvalue weighted by Gasteiger charge is -2.26. The molecule has 6 nitrogen and oxygen atoms in total. The van der Waals surface area contributed by atoms with E-state index in [1.54, 1.807) is 0 Å². The molecule has 1 aromatic carbocycles. The molecule has 6 heteroatoms. The highest BCUT2D eigenvalue weighted by molar-refractivity contribution is 6.00. The summed E-state index contributed by atoms with van der Waals surface area (Å²) in [4.78, 5) is 33.7. The number of likely N-dealkylation sites (N-methyl/N-ethyl adjacent to an activating group) is 1. The van der Waals surface area contributed by atoms with Gasteiger partial charge in [-0.2, -0.15) is 0 Å². The minimum absolute atomic E-state index is 0.0880. The van der Waals surface area contributed by atoms with Crippen LogP contribution in [0.25, 0.3) is 10.9 Å². The molecule has 1 heterocycles. The Balaban J connectivity index is 2.32. The van der Waals surface area contributed by atoms with Crippen LogP contribution in [0.2, 0.25) is 0 Å². The number of benzene rings is 1. The van der Waals surface area contributed by atoms with Crippen LogP contribution in [0.5, 0.6) is 0 Å². The number of nitrogens with zero attached hydrogens (tertiary/aromatic N) is 3. The van der Waals surface area contributed by atoms with Crippen molar-refractivity contribution < 1.29 is 14.3 Å². The minimum Gasteiger partial charge on any atom is -0.459 e. The van der Waals surface area contributed by atoms with Crippen LogP contribution in [0.3, 0.4) is 0 Å². The van der Waals surface area contributed by atoms with E-state index in [0.29, 0.717) is 24.3 Å². The topological polar surface area (TPSA) is 62.7 Å². The van der Waals surface area contributed by atoms with Crippen LogP contribution in [0.4, 0.5) is 0 Å². The van der Waals surface area contributed by atoms with Gasteiger partial charge in [0.2, 0.25) is 0 Å². The molecule has 1 amide bonds. The van der Waals surface area contributed by atoms with Gasteiger partial charge in [0.25, 0.3) is 5.91 Å². The molecular formula is C22H31N3O3. The van der Waals surface area contributed by atoms with Gasteiger partial charge >= 0.3 is 5.97 Å². The Morgan fingerprint density at radius 2 is 1.75 bits per heavy atom. The second-order valence-electron chi connectivity index (χ2n) is 8.43. The summed E-state index contributed by atoms with van der Waals surface area (Å²) >= 11 is 0. The Labute approximate surface area is 167 Å². The standard InChI is InChI=1S/C22H31N3O3/c1-15-8-9-17-13-18(16(2)23-19(17)12-15)21(27)25(11-10-24(6)7)14-20(26)28-22(3,4)5/h8-9,12-13H,10-11,14H2,1-7H3. The first-order valence-corrected chi connectivity index (χ1v) is 9.50. The first kappa shape index (κ1) is 21.8. The van der Waals surface area contributed by atoms with Crippen molar-refractivity contribution in [2.75, 3.05) is 33.7 Å². The van der Waals surface area contributed by atoms with E-state index in [-0.39, 0.29) is 12.5 Å². The highest BCUT2D eigenvalue weighted by Crippen LogP contribution is 2.19. The number of amides is 1. The fourth-order valence-electron chi connectivity index (χ4n) is 2.86. The number of esters is 1. The highest BCUT2D eigenvalue weighted by Gasteiger charge is 2.24. The maximum atomic E-state index is 13.2. The van der Waals surface area contributed by atoms with E-state index in [1.807, 2.05) is 77.9 Å². The quantitative estimate of drug-likeness (QED) is 0.715. The molecule has 0 spiro atoms. The van der Waals surface area contributed by atoms with Crippen LogP contribution in [-0.2, 0) is 9.53 Å². The Morgan fingerprint density at radius 3 is 2.36 bits per heavy atom. The number of hydrogen-bond acceptors (Lipinski definition) is 5. The maximum Gasteiger partial charge on any atom is 0.326 e. The number of aromatic nitrogens is 1. The van der Waals surface area contributed by atoms with Gasteiger partial charge in [-0.3, -0.25) is 14.6 Å². The van der Waals surface area contributed by atoms with Gasteiger partial charge in [0, 0.05) is 18.5 Å². The summed E-state index contributed by atoms with van der Waals surface area (Å²) in [6, 6.07) is 7.82. The van der Waals surface area contributed by atoms with Gasteiger partial charge < -0.3 is 14.5 Å². The molecule has 2 rings (SSSR count). The molecule has 0 fully saturated rings. The molecule has 1 aromatic heterocycles. The van der Waals surface area contributed by atoms with Gasteiger partial charge in [-0.15, -0.1) is 0 Å². The lowest BCUT2D eigenvalue weighted by Crippen LogP contribution is -2.42. The Kier molecular flexibility index (Phi) is 6.77. The number of aryl methyl sites for hydroxylation is 2. The largest absolute Gasteiger partial charge is 0.459 e. The van der Waals surface area contributed by atoms with Crippen molar-refractivity contribution in [3.05, 3.63) is 41.1 Å². The zero-order valence-electron chi connectivity index (χ0n) is 18.0. The van der Waals surface area contributed by atoms with Crippen molar-refractivity contribution >= 4 is 22.8 Å². The van der Waals surface area contributed by atoms with Crippen molar-refractivity contribution in [3.63, 3.8) is 0 Å². The summed E-state index contributed by atoms with van der Waals surface area (Å²) in [5.74, 6) is -0.623. The third-order valence-electron chi connectivity index (χ3n) is 4.24. The summed E-state index contributed by atoms with van der Waals surface area (Å²) < 4.78 is 5.41. The molecule has 0 aliphatic heterocycles. The summed E-state index contributed by atoms with van der Waals surface area (Å²) in [5, 5.41) is 0.907. The molecule has 0 saturated heterocycles. The first-order chi connectivity index (χ1) is 13.0. The third-order valence-corrected chi connectivity index (χ3v) is 4.24. The van der Waals surface area contributed by atoms with Crippen LogP contribution >= 0.6 is 0 Å². The molecule has 0 unspecified atom stereocenters. The molecule has 152 valence electrons. The third kappa shape index (κ3) is 6.02. The molecule has 2 aromatic rings. The van der Waals surface area contributed by atoms with Gasteiger partial charge in [0.05, 0.1) is 16.8 Å². The van der Waals surface area contributed by atoms with Crippen LogP contribution in [0, 0.1) is 13.8 Å². The second-order valence-corrected chi connectivity index (χ2v) is 8.43. The first-order valence-electron chi connectivity index (χ1n) is 9.50. The molecule has 0 aliphatic carbocycles. The summed E-state index contributed by atoms with van der Waals surface area (Å²) in [6.45, 7) is 10.3. The summed E-state index contributed by atoms with van der Waals surface area (Å²) in [5.41, 5.74) is 2.56. The van der Waals surface area contributed by atoms with Gasteiger partial charge in [-0.1, -0.05) is 12.1 Å².